The average molecular weight is 322 g/mol. The van der Waals surface area contributed by atoms with Crippen LogP contribution in [0.4, 0.5) is 5.13 Å². The van der Waals surface area contributed by atoms with Gasteiger partial charge in [-0.05, 0) is 11.1 Å². The molecule has 2 aromatic carbocycles. The van der Waals surface area contributed by atoms with Gasteiger partial charge in [0, 0.05) is 20.0 Å². The van der Waals surface area contributed by atoms with Crippen molar-refractivity contribution >= 4 is 22.3 Å². The summed E-state index contributed by atoms with van der Waals surface area (Å²) in [6.07, 6.45) is 1.67. The highest BCUT2D eigenvalue weighted by atomic mass is 32.1. The summed E-state index contributed by atoms with van der Waals surface area (Å²) in [6, 6.07) is 20.6. The first-order valence-electron chi connectivity index (χ1n) is 7.52. The summed E-state index contributed by atoms with van der Waals surface area (Å²) in [7, 11) is 0. The highest BCUT2D eigenvalue weighted by Crippen LogP contribution is 2.26. The monoisotopic (exact) mass is 322 g/mol. The average Bonchev–Trinajstić information content (AvgIpc) is 3.06. The molecule has 3 aromatic rings. The maximum atomic E-state index is 11.5. The first-order valence-corrected chi connectivity index (χ1v) is 8.33. The van der Waals surface area contributed by atoms with Gasteiger partial charge in [0.25, 0.3) is 0 Å². The minimum absolute atomic E-state index is 0.0631. The molecule has 0 unspecified atom stereocenters. The van der Waals surface area contributed by atoms with Gasteiger partial charge >= 0.3 is 0 Å². The molecular weight excluding hydrogens is 304 g/mol. The Kier molecular flexibility index (Phi) is 4.83. The van der Waals surface area contributed by atoms with Gasteiger partial charge in [-0.3, -0.25) is 4.79 Å². The van der Waals surface area contributed by atoms with E-state index in [0.29, 0.717) is 4.88 Å². The Morgan fingerprint density at radius 1 is 0.957 bits per heavy atom. The fourth-order valence-corrected chi connectivity index (χ4v) is 3.18. The normalized spacial score (nSPS) is 10.5. The van der Waals surface area contributed by atoms with E-state index in [2.05, 4.69) is 34.1 Å². The number of carbonyl (C=O) groups is 1. The topological polar surface area (TPSA) is 33.2 Å². The number of benzene rings is 2. The lowest BCUT2D eigenvalue weighted by Crippen LogP contribution is -2.21. The predicted molar refractivity (Wildman–Crippen MR) is 94.9 cm³/mol. The molecule has 0 radical (unpaired) electrons. The molecule has 0 aliphatic heterocycles. The molecule has 0 aliphatic carbocycles. The van der Waals surface area contributed by atoms with Crippen LogP contribution >= 0.6 is 11.3 Å². The third kappa shape index (κ3) is 4.05. The predicted octanol–water partition coefficient (Wildman–Crippen LogP) is 4.55. The summed E-state index contributed by atoms with van der Waals surface area (Å²) in [5, 5.41) is 0.878. The number of anilines is 1. The van der Waals surface area contributed by atoms with Crippen molar-refractivity contribution in [3.63, 3.8) is 0 Å². The first-order chi connectivity index (χ1) is 11.2. The van der Waals surface area contributed by atoms with Gasteiger partial charge < -0.3 is 4.90 Å². The Morgan fingerprint density at radius 3 is 1.91 bits per heavy atom. The summed E-state index contributed by atoms with van der Waals surface area (Å²) in [4.78, 5) is 18.9. The number of hydrogen-bond acceptors (Lipinski definition) is 4. The van der Waals surface area contributed by atoms with Crippen LogP contribution in [0.15, 0.2) is 66.9 Å². The number of aromatic nitrogens is 1. The standard InChI is InChI=1S/C19H18N2OS/c1-15(22)18-12-20-19(23-18)21(13-16-8-4-2-5-9-16)14-17-10-6-3-7-11-17/h2-12H,13-14H2,1H3. The van der Waals surface area contributed by atoms with E-state index in [1.165, 1.54) is 22.5 Å². The summed E-state index contributed by atoms with van der Waals surface area (Å²) in [5.74, 6) is 0.0631. The number of nitrogens with zero attached hydrogens (tertiary/aromatic N) is 2. The Balaban J connectivity index is 1.87. The molecule has 4 heteroatoms. The van der Waals surface area contributed by atoms with Crippen LogP contribution in [0.5, 0.6) is 0 Å². The summed E-state index contributed by atoms with van der Waals surface area (Å²) in [6.45, 7) is 3.11. The Labute approximate surface area is 140 Å². The van der Waals surface area contributed by atoms with Crippen LogP contribution in [-0.4, -0.2) is 10.8 Å². The van der Waals surface area contributed by atoms with Gasteiger partial charge in [-0.1, -0.05) is 72.0 Å². The molecule has 0 atom stereocenters. The van der Waals surface area contributed by atoms with Crippen LogP contribution < -0.4 is 4.90 Å². The lowest BCUT2D eigenvalue weighted by molar-refractivity contribution is 0.102. The molecule has 3 rings (SSSR count). The van der Waals surface area contributed by atoms with Crippen molar-refractivity contribution < 1.29 is 4.79 Å². The maximum Gasteiger partial charge on any atom is 0.186 e. The fraction of sp³-hybridized carbons (Fsp3) is 0.158. The fourth-order valence-electron chi connectivity index (χ4n) is 2.37. The van der Waals surface area contributed by atoms with E-state index in [4.69, 9.17) is 0 Å². The highest BCUT2D eigenvalue weighted by Gasteiger charge is 2.14. The van der Waals surface area contributed by atoms with Gasteiger partial charge in [0.1, 0.15) is 0 Å². The van der Waals surface area contributed by atoms with Crippen molar-refractivity contribution in [1.82, 2.24) is 4.98 Å². The molecule has 0 bridgehead atoms. The van der Waals surface area contributed by atoms with Gasteiger partial charge in [0.15, 0.2) is 10.9 Å². The van der Waals surface area contributed by atoms with Crippen molar-refractivity contribution in [2.75, 3.05) is 4.90 Å². The molecule has 0 N–H and O–H groups in total. The van der Waals surface area contributed by atoms with E-state index in [1.807, 2.05) is 36.4 Å². The van der Waals surface area contributed by atoms with Crippen LogP contribution in [0.2, 0.25) is 0 Å². The zero-order valence-electron chi connectivity index (χ0n) is 13.0. The van der Waals surface area contributed by atoms with Crippen LogP contribution in [0.3, 0.4) is 0 Å². The molecule has 0 fully saturated rings. The van der Waals surface area contributed by atoms with Crippen LogP contribution in [-0.2, 0) is 13.1 Å². The van der Waals surface area contributed by atoms with Gasteiger partial charge in [0.05, 0.1) is 11.1 Å². The second kappa shape index (κ2) is 7.20. The summed E-state index contributed by atoms with van der Waals surface area (Å²) < 4.78 is 0. The van der Waals surface area contributed by atoms with Crippen LogP contribution in [0.25, 0.3) is 0 Å². The quantitative estimate of drug-likeness (QED) is 0.624. The minimum Gasteiger partial charge on any atom is -0.339 e. The first kappa shape index (κ1) is 15.4. The van der Waals surface area contributed by atoms with Crippen molar-refractivity contribution in [2.24, 2.45) is 0 Å². The summed E-state index contributed by atoms with van der Waals surface area (Å²) in [5.41, 5.74) is 2.45. The SMILES string of the molecule is CC(=O)c1cnc(N(Cc2ccccc2)Cc2ccccc2)s1. The lowest BCUT2D eigenvalue weighted by atomic mass is 10.2. The Morgan fingerprint density at radius 2 is 1.48 bits per heavy atom. The van der Waals surface area contributed by atoms with E-state index in [0.717, 1.165) is 18.2 Å². The molecule has 0 saturated carbocycles. The second-order valence-corrected chi connectivity index (χ2v) is 6.40. The molecule has 0 amide bonds. The Hall–Kier alpha value is -2.46. The number of ketones is 1. The summed E-state index contributed by atoms with van der Waals surface area (Å²) >= 11 is 1.45. The van der Waals surface area contributed by atoms with Gasteiger partial charge in [-0.2, -0.15) is 0 Å². The van der Waals surface area contributed by atoms with E-state index >= 15 is 0 Å². The van der Waals surface area contributed by atoms with Crippen LogP contribution in [0.1, 0.15) is 27.7 Å². The molecule has 23 heavy (non-hydrogen) atoms. The zero-order valence-corrected chi connectivity index (χ0v) is 13.8. The third-order valence-corrected chi connectivity index (χ3v) is 4.70. The maximum absolute atomic E-state index is 11.5. The minimum atomic E-state index is 0.0631. The molecule has 3 nitrogen and oxygen atoms in total. The van der Waals surface area contributed by atoms with E-state index in [1.54, 1.807) is 13.1 Å². The van der Waals surface area contributed by atoms with Gasteiger partial charge in [-0.15, -0.1) is 0 Å². The van der Waals surface area contributed by atoms with Crippen molar-refractivity contribution in [1.29, 1.82) is 0 Å². The lowest BCUT2D eigenvalue weighted by Gasteiger charge is -2.22. The zero-order chi connectivity index (χ0) is 16.1. The van der Waals surface area contributed by atoms with Gasteiger partial charge in [-0.25, -0.2) is 4.98 Å². The van der Waals surface area contributed by atoms with Crippen molar-refractivity contribution in [3.8, 4) is 0 Å². The third-order valence-electron chi connectivity index (χ3n) is 3.54. The second-order valence-electron chi connectivity index (χ2n) is 5.39. The Bertz CT molecular complexity index is 727. The largest absolute Gasteiger partial charge is 0.339 e. The molecule has 0 saturated heterocycles. The molecule has 1 heterocycles. The van der Waals surface area contributed by atoms with Gasteiger partial charge in [0.2, 0.25) is 0 Å². The van der Waals surface area contributed by atoms with E-state index in [-0.39, 0.29) is 5.78 Å². The highest BCUT2D eigenvalue weighted by molar-refractivity contribution is 7.17. The number of hydrogen-bond donors (Lipinski definition) is 0. The molecular formula is C19H18N2OS. The van der Waals surface area contributed by atoms with Crippen molar-refractivity contribution in [2.45, 2.75) is 20.0 Å². The number of rotatable bonds is 6. The molecule has 0 spiro atoms. The smallest absolute Gasteiger partial charge is 0.186 e. The number of carbonyl (C=O) groups excluding carboxylic acids is 1. The van der Waals surface area contributed by atoms with E-state index in [9.17, 15) is 4.79 Å². The molecule has 1 aromatic heterocycles. The molecule has 0 aliphatic rings. The van der Waals surface area contributed by atoms with Crippen molar-refractivity contribution in [3.05, 3.63) is 82.9 Å². The van der Waals surface area contributed by atoms with E-state index < -0.39 is 0 Å². The molecule has 116 valence electrons. The van der Waals surface area contributed by atoms with Crippen LogP contribution in [0, 0.1) is 0 Å². The number of Topliss-reactive ketones (excluding diaryl/α,β-unsaturated/α-hetero) is 1. The number of thiazole rings is 1.